The topological polar surface area (TPSA) is 59.0 Å². The number of unbranched alkanes of at least 4 members (excludes halogenated alkanes) is 1. The van der Waals surface area contributed by atoms with Crippen LogP contribution in [0.4, 0.5) is 5.69 Å². The van der Waals surface area contributed by atoms with Crippen LogP contribution in [-0.2, 0) is 21.0 Å². The predicted molar refractivity (Wildman–Crippen MR) is 106 cm³/mol. The van der Waals surface area contributed by atoms with Crippen LogP contribution < -0.4 is 4.90 Å². The van der Waals surface area contributed by atoms with E-state index in [1.165, 1.54) is 0 Å². The van der Waals surface area contributed by atoms with Crippen LogP contribution in [0.25, 0.3) is 0 Å². The molecular weight excluding hydrogens is 387 g/mol. The summed E-state index contributed by atoms with van der Waals surface area (Å²) in [6.07, 6.45) is 1.85. The van der Waals surface area contributed by atoms with Crippen molar-refractivity contribution < 1.29 is 14.4 Å². The van der Waals surface area contributed by atoms with Gasteiger partial charge in [0, 0.05) is 22.0 Å². The second kappa shape index (κ2) is 8.55. The number of halogens is 2. The molecule has 0 saturated heterocycles. The Morgan fingerprint density at radius 2 is 1.81 bits per heavy atom. The summed E-state index contributed by atoms with van der Waals surface area (Å²) in [6.45, 7) is 2.32. The Morgan fingerprint density at radius 1 is 1.11 bits per heavy atom. The number of hydrogen-bond donors (Lipinski definition) is 0. The smallest absolute Gasteiger partial charge is 0.317 e. The van der Waals surface area contributed by atoms with Gasteiger partial charge in [0.15, 0.2) is 5.71 Å². The summed E-state index contributed by atoms with van der Waals surface area (Å²) in [5.74, 6) is -0.803. The van der Waals surface area contributed by atoms with Crippen molar-refractivity contribution in [1.82, 2.24) is 0 Å². The van der Waals surface area contributed by atoms with Crippen molar-refractivity contribution in [2.75, 3.05) is 4.90 Å². The minimum Gasteiger partial charge on any atom is -0.317 e. The molecule has 0 N–H and O–H groups in total. The highest BCUT2D eigenvalue weighted by atomic mass is 35.5. The molecule has 2 aromatic carbocycles. The van der Waals surface area contributed by atoms with E-state index in [2.05, 4.69) is 5.16 Å². The van der Waals surface area contributed by atoms with Gasteiger partial charge in [-0.15, -0.1) is 0 Å². The summed E-state index contributed by atoms with van der Waals surface area (Å²) in [6, 6.07) is 12.4. The maximum Gasteiger partial charge on any atom is 0.335 e. The maximum absolute atomic E-state index is 12.9. The molecule has 0 saturated carbocycles. The number of carbonyl (C=O) groups is 2. The fourth-order valence-corrected chi connectivity index (χ4v) is 3.06. The Balaban J connectivity index is 1.88. The first kappa shape index (κ1) is 19.4. The van der Waals surface area contributed by atoms with Crippen LogP contribution in [0.15, 0.2) is 47.6 Å². The summed E-state index contributed by atoms with van der Waals surface area (Å²) < 4.78 is 0. The molecule has 1 aliphatic heterocycles. The second-order valence-electron chi connectivity index (χ2n) is 6.19. The van der Waals surface area contributed by atoms with Crippen molar-refractivity contribution in [1.29, 1.82) is 0 Å². The average Bonchev–Trinajstić information content (AvgIpc) is 2.91. The van der Waals surface area contributed by atoms with Gasteiger partial charge in [0.2, 0.25) is 0 Å². The van der Waals surface area contributed by atoms with Gasteiger partial charge in [-0.2, -0.15) is 0 Å². The van der Waals surface area contributed by atoms with E-state index in [-0.39, 0.29) is 18.0 Å². The van der Waals surface area contributed by atoms with Crippen LogP contribution in [0.1, 0.15) is 37.3 Å². The number of fused-ring (bicyclic) bond motifs is 1. The van der Waals surface area contributed by atoms with Gasteiger partial charge in [-0.05, 0) is 42.3 Å². The summed E-state index contributed by atoms with van der Waals surface area (Å²) in [4.78, 5) is 31.2. The molecule has 7 heteroatoms. The van der Waals surface area contributed by atoms with E-state index in [1.54, 1.807) is 35.2 Å². The van der Waals surface area contributed by atoms with E-state index in [0.717, 1.165) is 12.0 Å². The Hall–Kier alpha value is -2.37. The number of rotatable bonds is 6. The van der Waals surface area contributed by atoms with Crippen LogP contribution in [0.2, 0.25) is 10.0 Å². The monoisotopic (exact) mass is 404 g/mol. The van der Waals surface area contributed by atoms with Gasteiger partial charge in [-0.3, -0.25) is 4.79 Å². The molecule has 0 unspecified atom stereocenters. The highest BCUT2D eigenvalue weighted by Crippen LogP contribution is 2.33. The quantitative estimate of drug-likeness (QED) is 0.503. The predicted octanol–water partition coefficient (Wildman–Crippen LogP) is 4.98. The van der Waals surface area contributed by atoms with Gasteiger partial charge in [0.05, 0.1) is 12.2 Å². The van der Waals surface area contributed by atoms with E-state index in [9.17, 15) is 9.59 Å². The molecule has 0 fully saturated rings. The highest BCUT2D eigenvalue weighted by molar-refractivity contribution is 6.54. The zero-order valence-electron chi connectivity index (χ0n) is 14.7. The first-order valence-electron chi connectivity index (χ1n) is 8.63. The summed E-state index contributed by atoms with van der Waals surface area (Å²) in [5, 5.41) is 4.94. The first-order chi connectivity index (χ1) is 13.0. The Labute approximate surface area is 167 Å². The minimum atomic E-state index is -0.461. The third kappa shape index (κ3) is 4.49. The van der Waals surface area contributed by atoms with Crippen molar-refractivity contribution in [2.24, 2.45) is 5.16 Å². The summed E-state index contributed by atoms with van der Waals surface area (Å²) in [5.41, 5.74) is 2.20. The molecule has 1 heterocycles. The summed E-state index contributed by atoms with van der Waals surface area (Å²) in [7, 11) is 0. The van der Waals surface area contributed by atoms with Gasteiger partial charge in [0.1, 0.15) is 0 Å². The number of amides is 1. The van der Waals surface area contributed by atoms with Crippen LogP contribution in [0, 0.1) is 0 Å². The number of anilines is 1. The van der Waals surface area contributed by atoms with E-state index in [4.69, 9.17) is 28.0 Å². The standard InChI is InChI=1S/C20H18Cl2N2O3/c1-2-3-4-18(25)27-23-19-16-11-15(22)9-10-17(16)24(20(19)26)12-13-5-7-14(21)8-6-13/h5-11H,2-4,12H2,1H3. The van der Waals surface area contributed by atoms with E-state index in [1.807, 2.05) is 19.1 Å². The third-order valence-corrected chi connectivity index (χ3v) is 4.67. The lowest BCUT2D eigenvalue weighted by atomic mass is 10.1. The third-order valence-electron chi connectivity index (χ3n) is 4.18. The molecule has 5 nitrogen and oxygen atoms in total. The van der Waals surface area contributed by atoms with Gasteiger partial charge in [-0.1, -0.05) is 53.8 Å². The Kier molecular flexibility index (Phi) is 6.14. The number of hydrogen-bond acceptors (Lipinski definition) is 4. The van der Waals surface area contributed by atoms with E-state index < -0.39 is 5.97 Å². The molecular formula is C20H18Cl2N2O3. The van der Waals surface area contributed by atoms with E-state index >= 15 is 0 Å². The van der Waals surface area contributed by atoms with Crippen molar-refractivity contribution in [2.45, 2.75) is 32.7 Å². The molecule has 0 aliphatic carbocycles. The molecule has 140 valence electrons. The fraction of sp³-hybridized carbons (Fsp3) is 0.250. The van der Waals surface area contributed by atoms with Crippen molar-refractivity contribution >= 4 is 46.5 Å². The van der Waals surface area contributed by atoms with Crippen molar-refractivity contribution in [3.05, 3.63) is 63.6 Å². The SMILES string of the molecule is CCCCC(=O)ON=C1C(=O)N(Cc2ccc(Cl)cc2)c2ccc(Cl)cc21. The van der Waals surface area contributed by atoms with Crippen LogP contribution in [-0.4, -0.2) is 17.6 Å². The van der Waals surface area contributed by atoms with Gasteiger partial charge in [-0.25, -0.2) is 4.79 Å². The average molecular weight is 405 g/mol. The van der Waals surface area contributed by atoms with Crippen LogP contribution in [0.3, 0.4) is 0 Å². The Morgan fingerprint density at radius 3 is 2.52 bits per heavy atom. The lowest BCUT2D eigenvalue weighted by Crippen LogP contribution is -2.29. The van der Waals surface area contributed by atoms with Gasteiger partial charge in [0.25, 0.3) is 5.91 Å². The molecule has 2 aromatic rings. The summed E-state index contributed by atoms with van der Waals surface area (Å²) >= 11 is 12.0. The second-order valence-corrected chi connectivity index (χ2v) is 7.06. The van der Waals surface area contributed by atoms with E-state index in [0.29, 0.717) is 34.3 Å². The van der Waals surface area contributed by atoms with Crippen molar-refractivity contribution in [3.63, 3.8) is 0 Å². The molecule has 0 bridgehead atoms. The molecule has 0 atom stereocenters. The number of nitrogens with zero attached hydrogens (tertiary/aromatic N) is 2. The highest BCUT2D eigenvalue weighted by Gasteiger charge is 2.35. The lowest BCUT2D eigenvalue weighted by Gasteiger charge is -2.17. The van der Waals surface area contributed by atoms with Gasteiger partial charge < -0.3 is 9.74 Å². The van der Waals surface area contributed by atoms with Gasteiger partial charge >= 0.3 is 5.97 Å². The maximum atomic E-state index is 12.9. The molecule has 0 radical (unpaired) electrons. The molecule has 1 aliphatic rings. The number of benzene rings is 2. The molecule has 0 spiro atoms. The molecule has 3 rings (SSSR count). The molecule has 0 aromatic heterocycles. The Bertz CT molecular complexity index is 895. The minimum absolute atomic E-state index is 0.0753. The number of oxime groups is 1. The zero-order valence-corrected chi connectivity index (χ0v) is 16.3. The molecule has 1 amide bonds. The lowest BCUT2D eigenvalue weighted by molar-refractivity contribution is -0.143. The molecule has 27 heavy (non-hydrogen) atoms. The first-order valence-corrected chi connectivity index (χ1v) is 9.39. The largest absolute Gasteiger partial charge is 0.335 e. The van der Waals surface area contributed by atoms with Crippen LogP contribution >= 0.6 is 23.2 Å². The van der Waals surface area contributed by atoms with Crippen LogP contribution in [0.5, 0.6) is 0 Å². The van der Waals surface area contributed by atoms with Crippen molar-refractivity contribution in [3.8, 4) is 0 Å². The number of carbonyl (C=O) groups excluding carboxylic acids is 2. The normalized spacial score (nSPS) is 14.6. The zero-order chi connectivity index (χ0) is 19.4. The fourth-order valence-electron chi connectivity index (χ4n) is 2.77.